The van der Waals surface area contributed by atoms with Crippen LogP contribution in [0.5, 0.6) is 0 Å². The lowest BCUT2D eigenvalue weighted by Gasteiger charge is -2.19. The second-order valence-electron chi connectivity index (χ2n) is 14.8. The van der Waals surface area contributed by atoms with Crippen molar-refractivity contribution in [2.75, 3.05) is 6.61 Å². The number of aliphatic hydroxyl groups excluding tert-OH is 2. The largest absolute Gasteiger partial charge is 0.394 e. The molecule has 0 aromatic carbocycles. The highest BCUT2D eigenvalue weighted by molar-refractivity contribution is 5.76. The Morgan fingerprint density at radius 1 is 0.500 bits per heavy atom. The fraction of sp³-hybridized carbons (Fsp3) is 0.729. The highest BCUT2D eigenvalue weighted by Gasteiger charge is 2.17. The molecular weight excluding hydrogens is 639 g/mol. The predicted octanol–water partition coefficient (Wildman–Crippen LogP) is 13.9. The first-order valence-corrected chi connectivity index (χ1v) is 22.1. The minimum atomic E-state index is -0.869. The van der Waals surface area contributed by atoms with Gasteiger partial charge in [-0.15, -0.1) is 0 Å². The molecule has 0 saturated heterocycles. The molecule has 4 heteroatoms. The Morgan fingerprint density at radius 3 is 1.35 bits per heavy atom. The van der Waals surface area contributed by atoms with Gasteiger partial charge in [0, 0.05) is 6.42 Å². The summed E-state index contributed by atoms with van der Waals surface area (Å²) in [7, 11) is 0. The van der Waals surface area contributed by atoms with Crippen molar-refractivity contribution in [3.63, 3.8) is 0 Å². The zero-order valence-corrected chi connectivity index (χ0v) is 34.3. The monoisotopic (exact) mass is 724 g/mol. The van der Waals surface area contributed by atoms with Crippen molar-refractivity contribution >= 4 is 5.91 Å². The normalized spacial score (nSPS) is 13.7. The second kappa shape index (κ2) is 43.2. The lowest BCUT2D eigenvalue weighted by molar-refractivity contribution is -0.123. The van der Waals surface area contributed by atoms with Crippen molar-refractivity contribution in [2.45, 2.75) is 219 Å². The SMILES string of the molecule is C/C=C/CC/C=C/CC/C=C/C(O)C(CO)NC(=O)CCCCCCCCCCCCCCCCCC/C=C\C/C=C\C/C=C\CCCCCCC. The molecule has 3 N–H and O–H groups in total. The third-order valence-corrected chi connectivity index (χ3v) is 9.73. The Hall–Kier alpha value is -2.17. The fourth-order valence-electron chi connectivity index (χ4n) is 6.34. The quantitative estimate of drug-likeness (QED) is 0.0437. The molecule has 0 aliphatic rings. The Balaban J connectivity index is 3.48. The maximum absolute atomic E-state index is 12.3. The number of hydrogen-bond donors (Lipinski definition) is 3. The third kappa shape index (κ3) is 39.0. The third-order valence-electron chi connectivity index (χ3n) is 9.73. The number of nitrogens with one attached hydrogen (secondary N) is 1. The van der Waals surface area contributed by atoms with Crippen molar-refractivity contribution in [1.82, 2.24) is 5.32 Å². The maximum atomic E-state index is 12.3. The molecule has 0 aliphatic carbocycles. The summed E-state index contributed by atoms with van der Waals surface area (Å²) in [5, 5.41) is 22.8. The van der Waals surface area contributed by atoms with Gasteiger partial charge >= 0.3 is 0 Å². The molecule has 0 spiro atoms. The summed E-state index contributed by atoms with van der Waals surface area (Å²) in [5.74, 6) is -0.0834. The Bertz CT molecular complexity index is 915. The van der Waals surface area contributed by atoms with E-state index in [1.165, 1.54) is 135 Å². The van der Waals surface area contributed by atoms with Gasteiger partial charge in [0.15, 0.2) is 0 Å². The van der Waals surface area contributed by atoms with Crippen molar-refractivity contribution < 1.29 is 15.0 Å². The average molecular weight is 724 g/mol. The molecule has 0 saturated carbocycles. The molecule has 0 fully saturated rings. The van der Waals surface area contributed by atoms with Crippen LogP contribution >= 0.6 is 0 Å². The first-order valence-electron chi connectivity index (χ1n) is 22.1. The number of rotatable bonds is 39. The first-order chi connectivity index (χ1) is 25.7. The fourth-order valence-corrected chi connectivity index (χ4v) is 6.34. The van der Waals surface area contributed by atoms with Crippen molar-refractivity contribution in [3.8, 4) is 0 Å². The smallest absolute Gasteiger partial charge is 0.220 e. The van der Waals surface area contributed by atoms with E-state index in [1.54, 1.807) is 6.08 Å². The summed E-state index contributed by atoms with van der Waals surface area (Å²) in [5.41, 5.74) is 0. The number of aliphatic hydroxyl groups is 2. The van der Waals surface area contributed by atoms with E-state index in [-0.39, 0.29) is 12.5 Å². The van der Waals surface area contributed by atoms with Crippen LogP contribution in [0.3, 0.4) is 0 Å². The van der Waals surface area contributed by atoms with Crippen LogP contribution in [0.1, 0.15) is 206 Å². The van der Waals surface area contributed by atoms with Crippen LogP contribution in [-0.4, -0.2) is 34.9 Å². The molecular formula is C48H85NO3. The summed E-state index contributed by atoms with van der Waals surface area (Å²) < 4.78 is 0. The van der Waals surface area contributed by atoms with Crippen LogP contribution in [0.2, 0.25) is 0 Å². The molecule has 0 heterocycles. The molecule has 0 rings (SSSR count). The minimum Gasteiger partial charge on any atom is -0.394 e. The zero-order chi connectivity index (χ0) is 37.8. The topological polar surface area (TPSA) is 69.6 Å². The van der Waals surface area contributed by atoms with Gasteiger partial charge in [-0.05, 0) is 77.6 Å². The Kier molecular flexibility index (Phi) is 41.4. The van der Waals surface area contributed by atoms with E-state index < -0.39 is 12.1 Å². The van der Waals surface area contributed by atoms with E-state index in [0.717, 1.165) is 51.4 Å². The van der Waals surface area contributed by atoms with Crippen LogP contribution in [0.4, 0.5) is 0 Å². The van der Waals surface area contributed by atoms with Gasteiger partial charge in [0.05, 0.1) is 18.8 Å². The average Bonchev–Trinajstić information content (AvgIpc) is 3.15. The van der Waals surface area contributed by atoms with Crippen molar-refractivity contribution in [2.24, 2.45) is 0 Å². The number of carbonyl (C=O) groups is 1. The van der Waals surface area contributed by atoms with Crippen LogP contribution in [0.25, 0.3) is 0 Å². The maximum Gasteiger partial charge on any atom is 0.220 e. The first kappa shape index (κ1) is 49.8. The molecule has 0 aromatic rings. The molecule has 4 nitrogen and oxygen atoms in total. The molecule has 300 valence electrons. The van der Waals surface area contributed by atoms with Gasteiger partial charge in [0.25, 0.3) is 0 Å². The van der Waals surface area contributed by atoms with Gasteiger partial charge in [0.2, 0.25) is 5.91 Å². The van der Waals surface area contributed by atoms with Gasteiger partial charge in [-0.2, -0.15) is 0 Å². The van der Waals surface area contributed by atoms with E-state index >= 15 is 0 Å². The van der Waals surface area contributed by atoms with Crippen LogP contribution in [0, 0.1) is 0 Å². The lowest BCUT2D eigenvalue weighted by atomic mass is 10.0. The summed E-state index contributed by atoms with van der Waals surface area (Å²) in [4.78, 5) is 12.3. The molecule has 2 unspecified atom stereocenters. The van der Waals surface area contributed by atoms with Gasteiger partial charge in [-0.1, -0.05) is 195 Å². The van der Waals surface area contributed by atoms with Crippen molar-refractivity contribution in [1.29, 1.82) is 0 Å². The van der Waals surface area contributed by atoms with E-state index in [4.69, 9.17) is 0 Å². The standard InChI is InChI=1S/C48H85NO3/c1-3-5-7-9-11-13-14-15-16-17-18-19-20-21-22-23-24-25-26-27-28-29-30-31-32-33-34-36-38-40-42-44-48(52)49-46(45-50)47(51)43-41-39-37-35-12-10-8-6-4-2/h4,6,12,14-15,17-18,20-21,35,41,43,46-47,50-51H,3,5,7-11,13,16,19,22-34,36-40,42,44-45H2,1-2H3,(H,49,52)/b6-4+,15-14-,18-17-,21-20-,35-12+,43-41+. The summed E-state index contributed by atoms with van der Waals surface area (Å²) in [6, 6.07) is -0.645. The number of amides is 1. The van der Waals surface area contributed by atoms with E-state index in [2.05, 4.69) is 73.0 Å². The summed E-state index contributed by atoms with van der Waals surface area (Å²) in [6.45, 7) is 4.04. The lowest BCUT2D eigenvalue weighted by Crippen LogP contribution is -2.45. The molecule has 0 aromatic heterocycles. The Morgan fingerprint density at radius 2 is 0.885 bits per heavy atom. The zero-order valence-electron chi connectivity index (χ0n) is 34.3. The van der Waals surface area contributed by atoms with Gasteiger partial charge in [-0.25, -0.2) is 0 Å². The molecule has 1 amide bonds. The van der Waals surface area contributed by atoms with E-state index in [0.29, 0.717) is 6.42 Å². The predicted molar refractivity (Wildman–Crippen MR) is 230 cm³/mol. The van der Waals surface area contributed by atoms with Crippen LogP contribution in [0.15, 0.2) is 72.9 Å². The highest BCUT2D eigenvalue weighted by Crippen LogP contribution is 2.15. The Labute approximate surface area is 323 Å². The van der Waals surface area contributed by atoms with E-state index in [1.807, 2.05) is 13.0 Å². The summed E-state index contributed by atoms with van der Waals surface area (Å²) >= 11 is 0. The highest BCUT2D eigenvalue weighted by atomic mass is 16.3. The number of unbranched alkanes of at least 4 members (excludes halogenated alkanes) is 23. The van der Waals surface area contributed by atoms with Gasteiger partial charge < -0.3 is 15.5 Å². The van der Waals surface area contributed by atoms with E-state index in [9.17, 15) is 15.0 Å². The van der Waals surface area contributed by atoms with Crippen molar-refractivity contribution in [3.05, 3.63) is 72.9 Å². The molecule has 2 atom stereocenters. The van der Waals surface area contributed by atoms with Crippen LogP contribution < -0.4 is 5.32 Å². The molecule has 52 heavy (non-hydrogen) atoms. The van der Waals surface area contributed by atoms with Gasteiger partial charge in [-0.3, -0.25) is 4.79 Å². The number of allylic oxidation sites excluding steroid dienone is 11. The molecule has 0 bridgehead atoms. The van der Waals surface area contributed by atoms with Crippen LogP contribution in [-0.2, 0) is 4.79 Å². The van der Waals surface area contributed by atoms with Gasteiger partial charge in [0.1, 0.15) is 0 Å². The molecule has 0 radical (unpaired) electrons. The number of hydrogen-bond acceptors (Lipinski definition) is 3. The summed E-state index contributed by atoms with van der Waals surface area (Å²) in [6.07, 6.45) is 61.9. The number of carbonyl (C=O) groups excluding carboxylic acids is 1. The second-order valence-corrected chi connectivity index (χ2v) is 14.8. The molecule has 0 aliphatic heterocycles. The minimum absolute atomic E-state index is 0.0834.